The third kappa shape index (κ3) is 3.82. The molecule has 0 saturated heterocycles. The fourth-order valence-electron chi connectivity index (χ4n) is 2.02. The third-order valence-corrected chi connectivity index (χ3v) is 3.94. The normalized spacial score (nSPS) is 10.5. The molecule has 0 atom stereocenters. The highest BCUT2D eigenvalue weighted by atomic mass is 35.5. The summed E-state index contributed by atoms with van der Waals surface area (Å²) in [5, 5.41) is 7.80. The van der Waals surface area contributed by atoms with Crippen molar-refractivity contribution in [2.45, 2.75) is 0 Å². The second-order valence-corrected chi connectivity index (χ2v) is 6.15. The van der Waals surface area contributed by atoms with E-state index in [-0.39, 0.29) is 0 Å². The van der Waals surface area contributed by atoms with Gasteiger partial charge in [-0.25, -0.2) is 9.97 Å². The molecule has 0 saturated carbocycles. The zero-order valence-electron chi connectivity index (χ0n) is 12.2. The van der Waals surface area contributed by atoms with Crippen molar-refractivity contribution in [2.75, 3.05) is 16.4 Å². The summed E-state index contributed by atoms with van der Waals surface area (Å²) in [4.78, 5) is 8.31. The molecule has 5 nitrogen and oxygen atoms in total. The zero-order chi connectivity index (χ0) is 17.1. The van der Waals surface area contributed by atoms with Crippen LogP contribution in [0.15, 0.2) is 48.8 Å². The number of nitrogen functional groups attached to an aromatic ring is 1. The molecule has 122 valence electrons. The van der Waals surface area contributed by atoms with Gasteiger partial charge in [-0.1, -0.05) is 40.9 Å². The molecule has 1 aromatic heterocycles. The maximum absolute atomic E-state index is 6.16. The molecule has 8 heteroatoms. The molecule has 0 amide bonds. The molecule has 0 aliphatic rings. The number of nitrogens with zero attached hydrogens (tertiary/aromatic N) is 2. The van der Waals surface area contributed by atoms with Crippen molar-refractivity contribution >= 4 is 63.5 Å². The second kappa shape index (κ2) is 7.13. The van der Waals surface area contributed by atoms with E-state index in [1.54, 1.807) is 30.3 Å². The summed E-state index contributed by atoms with van der Waals surface area (Å²) in [5.74, 6) is 0.888. The number of benzene rings is 2. The van der Waals surface area contributed by atoms with E-state index >= 15 is 0 Å². The average Bonchev–Trinajstić information content (AvgIpc) is 2.54. The van der Waals surface area contributed by atoms with Crippen molar-refractivity contribution < 1.29 is 0 Å². The summed E-state index contributed by atoms with van der Waals surface area (Å²) in [6.45, 7) is 0. The summed E-state index contributed by atoms with van der Waals surface area (Å²) < 4.78 is 0. The van der Waals surface area contributed by atoms with Crippen LogP contribution in [0.25, 0.3) is 0 Å². The summed E-state index contributed by atoms with van der Waals surface area (Å²) in [6, 6.07) is 12.3. The van der Waals surface area contributed by atoms with Gasteiger partial charge in [-0.15, -0.1) is 0 Å². The number of halogens is 3. The van der Waals surface area contributed by atoms with Gasteiger partial charge in [-0.3, -0.25) is 0 Å². The van der Waals surface area contributed by atoms with Crippen LogP contribution in [0.2, 0.25) is 15.1 Å². The average molecular weight is 381 g/mol. The minimum absolute atomic E-state index is 0.350. The standard InChI is InChI=1S/C16H12Cl3N5/c17-9-2-1-3-11(6-9)23-15-14(20)16(22-8-21-15)24-13-5-4-10(18)7-12(13)19/h1-8H,20H2,(H2,21,22,23,24). The first-order chi connectivity index (χ1) is 11.5. The summed E-state index contributed by atoms with van der Waals surface area (Å²) in [6.07, 6.45) is 1.40. The molecule has 0 aliphatic carbocycles. The van der Waals surface area contributed by atoms with Crippen molar-refractivity contribution in [1.82, 2.24) is 9.97 Å². The van der Waals surface area contributed by atoms with E-state index in [4.69, 9.17) is 40.5 Å². The second-order valence-electron chi connectivity index (χ2n) is 4.87. The topological polar surface area (TPSA) is 75.9 Å². The lowest BCUT2D eigenvalue weighted by atomic mass is 10.3. The molecular weight excluding hydrogens is 369 g/mol. The van der Waals surface area contributed by atoms with Crippen LogP contribution in [0, 0.1) is 0 Å². The highest BCUT2D eigenvalue weighted by Gasteiger charge is 2.10. The van der Waals surface area contributed by atoms with Crippen LogP contribution >= 0.6 is 34.8 Å². The maximum Gasteiger partial charge on any atom is 0.159 e. The van der Waals surface area contributed by atoms with Gasteiger partial charge >= 0.3 is 0 Å². The monoisotopic (exact) mass is 379 g/mol. The Balaban J connectivity index is 1.88. The number of aromatic nitrogens is 2. The van der Waals surface area contributed by atoms with Crippen LogP contribution in [-0.4, -0.2) is 9.97 Å². The molecule has 0 radical (unpaired) electrons. The number of hydrogen-bond acceptors (Lipinski definition) is 5. The summed E-state index contributed by atoms with van der Waals surface area (Å²) in [7, 11) is 0. The molecule has 1 heterocycles. The number of anilines is 5. The van der Waals surface area contributed by atoms with E-state index in [2.05, 4.69) is 20.6 Å². The van der Waals surface area contributed by atoms with Crippen LogP contribution in [0.3, 0.4) is 0 Å². The molecule has 0 bridgehead atoms. The Kier molecular flexibility index (Phi) is 4.94. The van der Waals surface area contributed by atoms with E-state index in [1.807, 2.05) is 12.1 Å². The predicted octanol–water partition coefficient (Wildman–Crippen LogP) is 5.51. The number of hydrogen-bond donors (Lipinski definition) is 3. The Morgan fingerprint density at radius 3 is 2.25 bits per heavy atom. The van der Waals surface area contributed by atoms with E-state index < -0.39 is 0 Å². The van der Waals surface area contributed by atoms with Gasteiger partial charge in [0.25, 0.3) is 0 Å². The van der Waals surface area contributed by atoms with Gasteiger partial charge < -0.3 is 16.4 Å². The van der Waals surface area contributed by atoms with Crippen LogP contribution in [0.1, 0.15) is 0 Å². The minimum Gasteiger partial charge on any atom is -0.393 e. The van der Waals surface area contributed by atoms with Gasteiger partial charge in [0.05, 0.1) is 10.7 Å². The Morgan fingerprint density at radius 2 is 1.54 bits per heavy atom. The van der Waals surface area contributed by atoms with E-state index in [9.17, 15) is 0 Å². The zero-order valence-corrected chi connectivity index (χ0v) is 14.5. The van der Waals surface area contributed by atoms with Crippen molar-refractivity contribution in [1.29, 1.82) is 0 Å². The van der Waals surface area contributed by atoms with Crippen LogP contribution in [0.4, 0.5) is 28.7 Å². The van der Waals surface area contributed by atoms with Crippen LogP contribution in [-0.2, 0) is 0 Å². The van der Waals surface area contributed by atoms with Gasteiger partial charge in [0.2, 0.25) is 0 Å². The third-order valence-electron chi connectivity index (χ3n) is 3.16. The van der Waals surface area contributed by atoms with E-state index in [1.165, 1.54) is 6.33 Å². The Bertz CT molecular complexity index is 885. The lowest BCUT2D eigenvalue weighted by molar-refractivity contribution is 1.17. The highest BCUT2D eigenvalue weighted by molar-refractivity contribution is 6.36. The summed E-state index contributed by atoms with van der Waals surface area (Å²) >= 11 is 18.0. The first-order valence-electron chi connectivity index (χ1n) is 6.88. The lowest BCUT2D eigenvalue weighted by Gasteiger charge is -2.13. The van der Waals surface area contributed by atoms with E-state index in [0.29, 0.717) is 38.1 Å². The Labute approximate surface area is 153 Å². The largest absolute Gasteiger partial charge is 0.393 e. The quantitative estimate of drug-likeness (QED) is 0.556. The summed E-state index contributed by atoms with van der Waals surface area (Å²) in [5.41, 5.74) is 7.90. The molecule has 3 aromatic rings. The lowest BCUT2D eigenvalue weighted by Crippen LogP contribution is -2.05. The van der Waals surface area contributed by atoms with Gasteiger partial charge in [-0.2, -0.15) is 0 Å². The molecule has 0 aliphatic heterocycles. The molecule has 0 fully saturated rings. The van der Waals surface area contributed by atoms with Crippen molar-refractivity contribution in [3.8, 4) is 0 Å². The SMILES string of the molecule is Nc1c(Nc2cccc(Cl)c2)ncnc1Nc1ccc(Cl)cc1Cl. The Morgan fingerprint density at radius 1 is 0.833 bits per heavy atom. The Hall–Kier alpha value is -2.21. The molecule has 4 N–H and O–H groups in total. The first kappa shape index (κ1) is 16.6. The van der Waals surface area contributed by atoms with Gasteiger partial charge in [0, 0.05) is 15.7 Å². The van der Waals surface area contributed by atoms with Crippen molar-refractivity contribution in [3.05, 3.63) is 63.9 Å². The molecule has 0 unspecified atom stereocenters. The fraction of sp³-hybridized carbons (Fsp3) is 0. The molecule has 24 heavy (non-hydrogen) atoms. The molecule has 2 aromatic carbocycles. The van der Waals surface area contributed by atoms with Crippen molar-refractivity contribution in [2.24, 2.45) is 0 Å². The highest BCUT2D eigenvalue weighted by Crippen LogP contribution is 2.32. The maximum atomic E-state index is 6.16. The number of nitrogens with two attached hydrogens (primary N) is 1. The van der Waals surface area contributed by atoms with E-state index in [0.717, 1.165) is 5.69 Å². The number of rotatable bonds is 4. The van der Waals surface area contributed by atoms with Gasteiger partial charge in [0.15, 0.2) is 11.6 Å². The molecule has 0 spiro atoms. The van der Waals surface area contributed by atoms with Crippen LogP contribution < -0.4 is 16.4 Å². The smallest absolute Gasteiger partial charge is 0.159 e. The predicted molar refractivity (Wildman–Crippen MR) is 101 cm³/mol. The van der Waals surface area contributed by atoms with Gasteiger partial charge in [0.1, 0.15) is 12.0 Å². The minimum atomic E-state index is 0.350. The molecule has 3 rings (SSSR count). The van der Waals surface area contributed by atoms with Crippen LogP contribution in [0.5, 0.6) is 0 Å². The van der Waals surface area contributed by atoms with Gasteiger partial charge in [-0.05, 0) is 36.4 Å². The fourth-order valence-corrected chi connectivity index (χ4v) is 2.66. The molecular formula is C16H12Cl3N5. The van der Waals surface area contributed by atoms with Crippen molar-refractivity contribution in [3.63, 3.8) is 0 Å². The number of nitrogens with one attached hydrogen (secondary N) is 2. The first-order valence-corrected chi connectivity index (χ1v) is 8.01.